The second-order valence-electron chi connectivity index (χ2n) is 5.89. The Morgan fingerprint density at radius 1 is 1.24 bits per heavy atom. The summed E-state index contributed by atoms with van der Waals surface area (Å²) >= 11 is 3.41. The summed E-state index contributed by atoms with van der Waals surface area (Å²) in [5.74, 6) is -0.144. The zero-order chi connectivity index (χ0) is 18.4. The Labute approximate surface area is 155 Å². The predicted molar refractivity (Wildman–Crippen MR) is 103 cm³/mol. The molecule has 3 N–H and O–H groups in total. The molecule has 0 aliphatic rings. The van der Waals surface area contributed by atoms with E-state index in [-0.39, 0.29) is 24.4 Å². The monoisotopic (exact) mass is 404 g/mol. The van der Waals surface area contributed by atoms with Crippen LogP contribution in [0.2, 0.25) is 0 Å². The van der Waals surface area contributed by atoms with Gasteiger partial charge in [0.25, 0.3) is 5.91 Å². The molecule has 0 bridgehead atoms. The third-order valence-corrected chi connectivity index (χ3v) is 4.22. The minimum atomic E-state index is -0.349. The van der Waals surface area contributed by atoms with Crippen LogP contribution in [0.3, 0.4) is 0 Å². The normalized spacial score (nSPS) is 10.4. The zero-order valence-electron chi connectivity index (χ0n) is 14.4. The lowest BCUT2D eigenvalue weighted by Gasteiger charge is -2.13. The van der Waals surface area contributed by atoms with Crippen molar-refractivity contribution in [3.8, 4) is 0 Å². The lowest BCUT2D eigenvalue weighted by molar-refractivity contribution is -0.115. The second kappa shape index (κ2) is 8.62. The molecule has 0 fully saturated rings. The zero-order valence-corrected chi connectivity index (χ0v) is 16.0. The van der Waals surface area contributed by atoms with Gasteiger partial charge >= 0.3 is 0 Å². The third-order valence-electron chi connectivity index (χ3n) is 3.33. The molecule has 0 atom stereocenters. The number of hydrogen-bond donors (Lipinski definition) is 3. The second-order valence-corrected chi connectivity index (χ2v) is 6.75. The summed E-state index contributed by atoms with van der Waals surface area (Å²) in [5.41, 5.74) is 2.11. The molecule has 1 heterocycles. The van der Waals surface area contributed by atoms with Crippen molar-refractivity contribution in [2.45, 2.75) is 26.8 Å². The number of nitrogens with one attached hydrogen (secondary N) is 3. The van der Waals surface area contributed by atoms with Gasteiger partial charge in [-0.1, -0.05) is 15.9 Å². The van der Waals surface area contributed by atoms with Gasteiger partial charge in [0.1, 0.15) is 5.82 Å². The molecule has 0 radical (unpaired) electrons. The van der Waals surface area contributed by atoms with Gasteiger partial charge < -0.3 is 16.0 Å². The van der Waals surface area contributed by atoms with Crippen molar-refractivity contribution in [1.82, 2.24) is 10.3 Å². The van der Waals surface area contributed by atoms with Gasteiger partial charge in [0, 0.05) is 22.4 Å². The highest BCUT2D eigenvalue weighted by Gasteiger charge is 2.14. The van der Waals surface area contributed by atoms with Crippen molar-refractivity contribution in [3.05, 3.63) is 52.1 Å². The number of aryl methyl sites for hydroxylation is 1. The lowest BCUT2D eigenvalue weighted by Crippen LogP contribution is -2.33. The summed E-state index contributed by atoms with van der Waals surface area (Å²) in [4.78, 5) is 28.5. The minimum absolute atomic E-state index is 0.121. The first-order valence-corrected chi connectivity index (χ1v) is 8.72. The van der Waals surface area contributed by atoms with Gasteiger partial charge in [0.15, 0.2) is 0 Å². The molecule has 0 aliphatic carbocycles. The van der Waals surface area contributed by atoms with Crippen LogP contribution in [0.1, 0.15) is 29.8 Å². The van der Waals surface area contributed by atoms with Crippen molar-refractivity contribution < 1.29 is 9.59 Å². The van der Waals surface area contributed by atoms with E-state index < -0.39 is 0 Å². The van der Waals surface area contributed by atoms with E-state index in [1.807, 2.05) is 32.9 Å². The average Bonchev–Trinajstić information content (AvgIpc) is 2.56. The number of rotatable bonds is 6. The number of amides is 2. The molecule has 0 spiro atoms. The Hall–Kier alpha value is -2.41. The topological polar surface area (TPSA) is 83.1 Å². The number of anilines is 2. The van der Waals surface area contributed by atoms with Crippen LogP contribution in [0.25, 0.3) is 0 Å². The van der Waals surface area contributed by atoms with E-state index in [2.05, 4.69) is 36.9 Å². The van der Waals surface area contributed by atoms with Gasteiger partial charge in [-0.25, -0.2) is 4.98 Å². The van der Waals surface area contributed by atoms with Gasteiger partial charge in [-0.15, -0.1) is 0 Å². The summed E-state index contributed by atoms with van der Waals surface area (Å²) in [6.45, 7) is 5.74. The standard InChI is InChI=1S/C18H21BrN4O2/c1-11(2)22-17-14(5-4-8-20-17)18(25)21-10-16(24)23-13-6-7-15(19)12(3)9-13/h4-9,11H,10H2,1-3H3,(H,20,22)(H,21,25)(H,23,24). The molecule has 25 heavy (non-hydrogen) atoms. The van der Waals surface area contributed by atoms with Gasteiger partial charge in [-0.3, -0.25) is 9.59 Å². The number of carbonyl (C=O) groups excluding carboxylic acids is 2. The van der Waals surface area contributed by atoms with Crippen LogP contribution < -0.4 is 16.0 Å². The van der Waals surface area contributed by atoms with Gasteiger partial charge in [-0.2, -0.15) is 0 Å². The predicted octanol–water partition coefficient (Wildman–Crippen LogP) is 3.34. The van der Waals surface area contributed by atoms with E-state index >= 15 is 0 Å². The number of nitrogens with zero attached hydrogens (tertiary/aromatic N) is 1. The molecule has 1 aromatic heterocycles. The number of carbonyl (C=O) groups is 2. The fourth-order valence-corrected chi connectivity index (χ4v) is 2.41. The van der Waals surface area contributed by atoms with Crippen molar-refractivity contribution in [1.29, 1.82) is 0 Å². The molecule has 2 aromatic rings. The van der Waals surface area contributed by atoms with E-state index in [1.54, 1.807) is 24.4 Å². The van der Waals surface area contributed by atoms with Crippen LogP contribution in [0.15, 0.2) is 41.0 Å². The number of aromatic nitrogens is 1. The number of benzene rings is 1. The van der Waals surface area contributed by atoms with Gasteiger partial charge in [-0.05, 0) is 56.7 Å². The molecule has 0 saturated carbocycles. The number of hydrogen-bond acceptors (Lipinski definition) is 4. The van der Waals surface area contributed by atoms with Crippen LogP contribution >= 0.6 is 15.9 Å². The Bertz CT molecular complexity index is 777. The first kappa shape index (κ1) is 18.9. The summed E-state index contributed by atoms with van der Waals surface area (Å²) in [6, 6.07) is 9.01. The Morgan fingerprint density at radius 2 is 2.00 bits per heavy atom. The van der Waals surface area contributed by atoms with E-state index in [0.717, 1.165) is 10.0 Å². The Kier molecular flexibility index (Phi) is 6.52. The van der Waals surface area contributed by atoms with E-state index in [1.165, 1.54) is 0 Å². The Morgan fingerprint density at radius 3 is 2.68 bits per heavy atom. The Balaban J connectivity index is 1.95. The molecule has 7 heteroatoms. The molecule has 1 aromatic carbocycles. The molecule has 2 rings (SSSR count). The highest BCUT2D eigenvalue weighted by Crippen LogP contribution is 2.19. The fourth-order valence-electron chi connectivity index (χ4n) is 2.16. The maximum atomic E-state index is 12.3. The third kappa shape index (κ3) is 5.56. The lowest BCUT2D eigenvalue weighted by atomic mass is 10.2. The highest BCUT2D eigenvalue weighted by atomic mass is 79.9. The fraction of sp³-hybridized carbons (Fsp3) is 0.278. The molecule has 0 aliphatic heterocycles. The van der Waals surface area contributed by atoms with E-state index in [4.69, 9.17) is 0 Å². The summed E-state index contributed by atoms with van der Waals surface area (Å²) in [7, 11) is 0. The van der Waals surface area contributed by atoms with Crippen LogP contribution in [0.5, 0.6) is 0 Å². The van der Waals surface area contributed by atoms with Crippen molar-refractivity contribution in [3.63, 3.8) is 0 Å². The molecular weight excluding hydrogens is 384 g/mol. The largest absolute Gasteiger partial charge is 0.367 e. The van der Waals surface area contributed by atoms with E-state index in [9.17, 15) is 9.59 Å². The van der Waals surface area contributed by atoms with Gasteiger partial charge in [0.2, 0.25) is 5.91 Å². The quantitative estimate of drug-likeness (QED) is 0.689. The minimum Gasteiger partial charge on any atom is -0.367 e. The molecule has 0 saturated heterocycles. The van der Waals surface area contributed by atoms with E-state index in [0.29, 0.717) is 17.1 Å². The molecule has 132 valence electrons. The molecule has 6 nitrogen and oxygen atoms in total. The van der Waals surface area contributed by atoms with Crippen LogP contribution in [-0.2, 0) is 4.79 Å². The molecule has 2 amide bonds. The van der Waals surface area contributed by atoms with Crippen molar-refractivity contribution >= 4 is 39.2 Å². The van der Waals surface area contributed by atoms with Crippen molar-refractivity contribution in [2.24, 2.45) is 0 Å². The number of halogens is 1. The first-order chi connectivity index (χ1) is 11.9. The van der Waals surface area contributed by atoms with Crippen LogP contribution in [-0.4, -0.2) is 29.4 Å². The summed E-state index contributed by atoms with van der Waals surface area (Å²) in [5, 5.41) is 8.49. The maximum absolute atomic E-state index is 12.3. The van der Waals surface area contributed by atoms with Crippen LogP contribution in [0, 0.1) is 6.92 Å². The molecular formula is C18H21BrN4O2. The first-order valence-electron chi connectivity index (χ1n) is 7.92. The van der Waals surface area contributed by atoms with Crippen molar-refractivity contribution in [2.75, 3.05) is 17.2 Å². The SMILES string of the molecule is Cc1cc(NC(=O)CNC(=O)c2cccnc2NC(C)C)ccc1Br. The van der Waals surface area contributed by atoms with Gasteiger partial charge in [0.05, 0.1) is 12.1 Å². The summed E-state index contributed by atoms with van der Waals surface area (Å²) < 4.78 is 0.973. The maximum Gasteiger partial charge on any atom is 0.255 e. The average molecular weight is 405 g/mol. The number of pyridine rings is 1. The molecule has 0 unspecified atom stereocenters. The smallest absolute Gasteiger partial charge is 0.255 e. The van der Waals surface area contributed by atoms with Crippen LogP contribution in [0.4, 0.5) is 11.5 Å². The highest BCUT2D eigenvalue weighted by molar-refractivity contribution is 9.10. The summed E-state index contributed by atoms with van der Waals surface area (Å²) in [6.07, 6.45) is 1.62.